The molecule has 94 valence electrons. The van der Waals surface area contributed by atoms with Gasteiger partial charge in [-0.2, -0.15) is 0 Å². The number of carbonyl (C=O) groups excluding carboxylic acids is 1. The van der Waals surface area contributed by atoms with Crippen molar-refractivity contribution in [2.45, 2.75) is 26.7 Å². The van der Waals surface area contributed by atoms with E-state index in [0.29, 0.717) is 11.8 Å². The van der Waals surface area contributed by atoms with E-state index in [4.69, 9.17) is 11.6 Å². The maximum atomic E-state index is 12.1. The van der Waals surface area contributed by atoms with Gasteiger partial charge in [0.25, 0.3) is 0 Å². The largest absolute Gasteiger partial charge is 0.340 e. The van der Waals surface area contributed by atoms with Gasteiger partial charge in [0.15, 0.2) is 0 Å². The molecule has 0 aromatic heterocycles. The Bertz CT molecular complexity index is 211. The summed E-state index contributed by atoms with van der Waals surface area (Å²) in [5.41, 5.74) is 0. The van der Waals surface area contributed by atoms with Crippen molar-refractivity contribution >= 4 is 17.5 Å². The van der Waals surface area contributed by atoms with E-state index in [1.54, 1.807) is 0 Å². The summed E-state index contributed by atoms with van der Waals surface area (Å²) in [4.78, 5) is 16.4. The van der Waals surface area contributed by atoms with Gasteiger partial charge in [0.05, 0.1) is 0 Å². The van der Waals surface area contributed by atoms with Crippen molar-refractivity contribution in [3.05, 3.63) is 0 Å². The minimum absolute atomic E-state index is 0.222. The maximum Gasteiger partial charge on any atom is 0.225 e. The Kier molecular flexibility index (Phi) is 6.14. The van der Waals surface area contributed by atoms with Gasteiger partial charge in [0.1, 0.15) is 0 Å². The topological polar surface area (TPSA) is 23.6 Å². The molecule has 0 radical (unpaired) electrons. The molecule has 1 aliphatic rings. The van der Waals surface area contributed by atoms with E-state index < -0.39 is 0 Å². The summed E-state index contributed by atoms with van der Waals surface area (Å²) in [6, 6.07) is 0. The van der Waals surface area contributed by atoms with Crippen LogP contribution in [0, 0.1) is 5.92 Å². The number of piperazine rings is 1. The highest BCUT2D eigenvalue weighted by molar-refractivity contribution is 6.18. The third-order valence-electron chi connectivity index (χ3n) is 3.42. The van der Waals surface area contributed by atoms with Crippen LogP contribution in [-0.2, 0) is 4.79 Å². The van der Waals surface area contributed by atoms with Crippen LogP contribution in [0.5, 0.6) is 0 Å². The van der Waals surface area contributed by atoms with Gasteiger partial charge in [-0.3, -0.25) is 9.69 Å². The van der Waals surface area contributed by atoms with Crippen LogP contribution in [0.3, 0.4) is 0 Å². The molecule has 0 atom stereocenters. The van der Waals surface area contributed by atoms with Gasteiger partial charge in [-0.1, -0.05) is 13.8 Å². The van der Waals surface area contributed by atoms with Gasteiger partial charge in [-0.15, -0.1) is 11.6 Å². The standard InChI is InChI=1S/C12H23ClN2O/c1-3-11(4-2)12(16)15-9-7-14(6-5-13)8-10-15/h11H,3-10H2,1-2H3. The number of amides is 1. The Morgan fingerprint density at radius 3 is 2.19 bits per heavy atom. The highest BCUT2D eigenvalue weighted by atomic mass is 35.5. The van der Waals surface area contributed by atoms with Crippen LogP contribution < -0.4 is 0 Å². The van der Waals surface area contributed by atoms with Crippen LogP contribution in [0.4, 0.5) is 0 Å². The molecule has 1 heterocycles. The van der Waals surface area contributed by atoms with E-state index in [2.05, 4.69) is 18.7 Å². The molecule has 1 amide bonds. The monoisotopic (exact) mass is 246 g/mol. The fourth-order valence-electron chi connectivity index (χ4n) is 2.21. The molecule has 1 saturated heterocycles. The fourth-order valence-corrected chi connectivity index (χ4v) is 2.45. The lowest BCUT2D eigenvalue weighted by atomic mass is 10.0. The predicted octanol–water partition coefficient (Wildman–Crippen LogP) is 1.81. The van der Waals surface area contributed by atoms with Crippen LogP contribution in [0.1, 0.15) is 26.7 Å². The van der Waals surface area contributed by atoms with E-state index >= 15 is 0 Å². The molecule has 0 aliphatic carbocycles. The Hall–Kier alpha value is -0.280. The second-order valence-corrected chi connectivity index (χ2v) is 4.75. The molecule has 0 N–H and O–H groups in total. The Balaban J connectivity index is 2.38. The summed E-state index contributed by atoms with van der Waals surface area (Å²) in [6.45, 7) is 8.80. The molecule has 0 bridgehead atoms. The number of alkyl halides is 1. The Morgan fingerprint density at radius 2 is 1.75 bits per heavy atom. The Labute approximate surface area is 104 Å². The first kappa shape index (κ1) is 13.8. The van der Waals surface area contributed by atoms with Gasteiger partial charge in [-0.25, -0.2) is 0 Å². The lowest BCUT2D eigenvalue weighted by Gasteiger charge is -2.36. The number of halogens is 1. The highest BCUT2D eigenvalue weighted by Crippen LogP contribution is 2.13. The third-order valence-corrected chi connectivity index (χ3v) is 3.59. The maximum absolute atomic E-state index is 12.1. The average molecular weight is 247 g/mol. The smallest absolute Gasteiger partial charge is 0.225 e. The van der Waals surface area contributed by atoms with E-state index in [9.17, 15) is 4.79 Å². The first-order chi connectivity index (χ1) is 7.72. The molecule has 0 aromatic carbocycles. The summed E-state index contributed by atoms with van der Waals surface area (Å²) >= 11 is 5.71. The molecular formula is C12H23ClN2O. The van der Waals surface area contributed by atoms with E-state index in [1.807, 2.05) is 4.90 Å². The third kappa shape index (κ3) is 3.63. The lowest BCUT2D eigenvalue weighted by molar-refractivity contribution is -0.137. The summed E-state index contributed by atoms with van der Waals surface area (Å²) in [6.07, 6.45) is 1.91. The zero-order valence-corrected chi connectivity index (χ0v) is 11.2. The molecule has 0 unspecified atom stereocenters. The molecule has 1 rings (SSSR count). The van der Waals surface area contributed by atoms with E-state index in [1.165, 1.54) is 0 Å². The minimum atomic E-state index is 0.222. The van der Waals surface area contributed by atoms with Crippen molar-refractivity contribution in [1.29, 1.82) is 0 Å². The molecule has 1 aliphatic heterocycles. The number of carbonyl (C=O) groups is 1. The molecule has 3 nitrogen and oxygen atoms in total. The second kappa shape index (κ2) is 7.13. The van der Waals surface area contributed by atoms with Gasteiger partial charge in [0, 0.05) is 44.5 Å². The zero-order chi connectivity index (χ0) is 12.0. The number of hydrogen-bond acceptors (Lipinski definition) is 2. The van der Waals surface area contributed by atoms with Crippen molar-refractivity contribution < 1.29 is 4.79 Å². The lowest BCUT2D eigenvalue weighted by Crippen LogP contribution is -2.50. The molecular weight excluding hydrogens is 224 g/mol. The highest BCUT2D eigenvalue weighted by Gasteiger charge is 2.24. The molecule has 16 heavy (non-hydrogen) atoms. The summed E-state index contributed by atoms with van der Waals surface area (Å²) in [5.74, 6) is 1.25. The second-order valence-electron chi connectivity index (χ2n) is 4.37. The quantitative estimate of drug-likeness (QED) is 0.691. The fraction of sp³-hybridized carbons (Fsp3) is 0.917. The number of rotatable bonds is 5. The molecule has 0 aromatic rings. The molecule has 4 heteroatoms. The van der Waals surface area contributed by atoms with Crippen LogP contribution in [0.25, 0.3) is 0 Å². The normalized spacial score (nSPS) is 18.1. The van der Waals surface area contributed by atoms with E-state index in [0.717, 1.165) is 45.6 Å². The van der Waals surface area contributed by atoms with E-state index in [-0.39, 0.29) is 5.92 Å². The van der Waals surface area contributed by atoms with Crippen molar-refractivity contribution in [3.63, 3.8) is 0 Å². The van der Waals surface area contributed by atoms with Crippen LogP contribution >= 0.6 is 11.6 Å². The summed E-state index contributed by atoms with van der Waals surface area (Å²) < 4.78 is 0. The summed E-state index contributed by atoms with van der Waals surface area (Å²) in [7, 11) is 0. The average Bonchev–Trinajstić information content (AvgIpc) is 2.32. The number of hydrogen-bond donors (Lipinski definition) is 0. The van der Waals surface area contributed by atoms with Crippen LogP contribution in [0.15, 0.2) is 0 Å². The number of nitrogens with zero attached hydrogens (tertiary/aromatic N) is 2. The zero-order valence-electron chi connectivity index (χ0n) is 10.4. The van der Waals surface area contributed by atoms with Crippen molar-refractivity contribution in [2.24, 2.45) is 5.92 Å². The van der Waals surface area contributed by atoms with Gasteiger partial charge < -0.3 is 4.90 Å². The van der Waals surface area contributed by atoms with Gasteiger partial charge in [-0.05, 0) is 12.8 Å². The summed E-state index contributed by atoms with van der Waals surface area (Å²) in [5, 5.41) is 0. The predicted molar refractivity (Wildman–Crippen MR) is 67.8 cm³/mol. The Morgan fingerprint density at radius 1 is 1.19 bits per heavy atom. The van der Waals surface area contributed by atoms with Crippen LogP contribution in [-0.4, -0.2) is 54.3 Å². The van der Waals surface area contributed by atoms with Crippen molar-refractivity contribution in [3.8, 4) is 0 Å². The van der Waals surface area contributed by atoms with Crippen molar-refractivity contribution in [1.82, 2.24) is 9.80 Å². The van der Waals surface area contributed by atoms with Gasteiger partial charge in [0.2, 0.25) is 5.91 Å². The SMILES string of the molecule is CCC(CC)C(=O)N1CCN(CCCl)CC1. The molecule has 1 fully saturated rings. The molecule has 0 spiro atoms. The molecule has 0 saturated carbocycles. The first-order valence-electron chi connectivity index (χ1n) is 6.30. The van der Waals surface area contributed by atoms with Crippen LogP contribution in [0.2, 0.25) is 0 Å². The van der Waals surface area contributed by atoms with Crippen molar-refractivity contribution in [2.75, 3.05) is 38.6 Å². The first-order valence-corrected chi connectivity index (χ1v) is 6.83. The van der Waals surface area contributed by atoms with Gasteiger partial charge >= 0.3 is 0 Å². The minimum Gasteiger partial charge on any atom is -0.340 e.